The molecule has 2 unspecified atom stereocenters. The summed E-state index contributed by atoms with van der Waals surface area (Å²) in [5.74, 6) is 1.08. The average Bonchev–Trinajstić information content (AvgIpc) is 3.15. The van der Waals surface area contributed by atoms with Gasteiger partial charge < -0.3 is 11.1 Å². The van der Waals surface area contributed by atoms with E-state index in [0.717, 1.165) is 36.5 Å². The molecule has 1 aromatic carbocycles. The molecule has 3 N–H and O–H groups in total. The van der Waals surface area contributed by atoms with Crippen LogP contribution >= 0.6 is 12.4 Å². The Labute approximate surface area is 155 Å². The summed E-state index contributed by atoms with van der Waals surface area (Å²) in [5, 5.41) is 7.75. The Hall–Kier alpha value is -1.85. The van der Waals surface area contributed by atoms with Crippen molar-refractivity contribution in [1.29, 1.82) is 0 Å². The molecule has 2 aromatic rings. The van der Waals surface area contributed by atoms with Crippen LogP contribution in [0.3, 0.4) is 0 Å². The molecule has 1 fully saturated rings. The van der Waals surface area contributed by atoms with Crippen LogP contribution in [0.1, 0.15) is 50.3 Å². The van der Waals surface area contributed by atoms with Crippen molar-refractivity contribution in [3.63, 3.8) is 0 Å². The summed E-state index contributed by atoms with van der Waals surface area (Å²) in [4.78, 5) is 12.6. The van der Waals surface area contributed by atoms with Crippen molar-refractivity contribution < 1.29 is 4.79 Å². The third kappa shape index (κ3) is 4.41. The summed E-state index contributed by atoms with van der Waals surface area (Å²) in [6.07, 6.45) is 2.55. The zero-order chi connectivity index (χ0) is 17.3. The molecule has 6 heteroatoms. The second-order valence-electron chi connectivity index (χ2n) is 7.12. The molecule has 0 spiro atoms. The lowest BCUT2D eigenvalue weighted by molar-refractivity contribution is -0.119. The molecular formula is C19H27ClN4O. The van der Waals surface area contributed by atoms with Crippen LogP contribution in [0.2, 0.25) is 0 Å². The first-order chi connectivity index (χ1) is 11.4. The van der Waals surface area contributed by atoms with Gasteiger partial charge in [0, 0.05) is 18.0 Å². The number of hydrogen-bond acceptors (Lipinski definition) is 3. The van der Waals surface area contributed by atoms with Crippen LogP contribution in [-0.2, 0) is 4.79 Å². The van der Waals surface area contributed by atoms with Crippen LogP contribution in [0.4, 0.5) is 5.82 Å². The maximum atomic E-state index is 12.6. The molecule has 25 heavy (non-hydrogen) atoms. The second-order valence-corrected chi connectivity index (χ2v) is 7.12. The number of carbonyl (C=O) groups excluding carboxylic acids is 1. The van der Waals surface area contributed by atoms with Crippen LogP contribution in [0.5, 0.6) is 0 Å². The molecule has 1 heterocycles. The first kappa shape index (κ1) is 19.5. The number of nitrogens with zero attached hydrogens (tertiary/aromatic N) is 2. The van der Waals surface area contributed by atoms with E-state index >= 15 is 0 Å². The molecular weight excluding hydrogens is 336 g/mol. The molecule has 1 aliphatic carbocycles. The van der Waals surface area contributed by atoms with Crippen molar-refractivity contribution in [2.45, 2.75) is 52.0 Å². The van der Waals surface area contributed by atoms with Gasteiger partial charge in [-0.15, -0.1) is 12.4 Å². The number of aromatic nitrogens is 2. The van der Waals surface area contributed by atoms with Crippen molar-refractivity contribution >= 4 is 24.1 Å². The molecule has 136 valence electrons. The normalized spacial score (nSPS) is 19.7. The SMILES string of the molecule is Cc1ccc(-n2nc(C(C)C)cc2NC(=O)C2CCC(N)C2)cc1.Cl. The van der Waals surface area contributed by atoms with Crippen molar-refractivity contribution in [2.24, 2.45) is 11.7 Å². The summed E-state index contributed by atoms with van der Waals surface area (Å²) < 4.78 is 1.82. The molecule has 0 saturated heterocycles. The van der Waals surface area contributed by atoms with E-state index in [-0.39, 0.29) is 30.3 Å². The number of nitrogens with one attached hydrogen (secondary N) is 1. The summed E-state index contributed by atoms with van der Waals surface area (Å²) in [7, 11) is 0. The standard InChI is InChI=1S/C19H26N4O.ClH/c1-12(2)17-11-18(21-19(24)14-6-7-15(20)10-14)23(22-17)16-8-4-13(3)5-9-16;/h4-5,8-9,11-12,14-15H,6-7,10,20H2,1-3H3,(H,21,24);1H. The molecule has 0 aliphatic heterocycles. The Morgan fingerprint density at radius 2 is 1.96 bits per heavy atom. The predicted octanol–water partition coefficient (Wildman–Crippen LogP) is 3.79. The van der Waals surface area contributed by atoms with E-state index < -0.39 is 0 Å². The Morgan fingerprint density at radius 1 is 1.28 bits per heavy atom. The number of hydrogen-bond donors (Lipinski definition) is 2. The molecule has 0 bridgehead atoms. The van der Waals surface area contributed by atoms with Gasteiger partial charge in [0.05, 0.1) is 11.4 Å². The van der Waals surface area contributed by atoms with Crippen LogP contribution < -0.4 is 11.1 Å². The third-order valence-corrected chi connectivity index (χ3v) is 4.69. The lowest BCUT2D eigenvalue weighted by Gasteiger charge is -2.12. The number of carbonyl (C=O) groups is 1. The Morgan fingerprint density at radius 3 is 2.52 bits per heavy atom. The summed E-state index contributed by atoms with van der Waals surface area (Å²) in [6, 6.07) is 10.3. The number of rotatable bonds is 4. The topological polar surface area (TPSA) is 72.9 Å². The molecule has 2 atom stereocenters. The zero-order valence-corrected chi connectivity index (χ0v) is 15.8. The van der Waals surface area contributed by atoms with Gasteiger partial charge in [-0.2, -0.15) is 5.10 Å². The van der Waals surface area contributed by atoms with Crippen LogP contribution in [0.15, 0.2) is 30.3 Å². The van der Waals surface area contributed by atoms with E-state index in [2.05, 4.69) is 31.2 Å². The molecule has 1 saturated carbocycles. The lowest BCUT2D eigenvalue weighted by atomic mass is 10.1. The minimum absolute atomic E-state index is 0. The van der Waals surface area contributed by atoms with Gasteiger partial charge in [-0.3, -0.25) is 4.79 Å². The minimum atomic E-state index is 0. The maximum absolute atomic E-state index is 12.6. The van der Waals surface area contributed by atoms with Crippen molar-refractivity contribution in [2.75, 3.05) is 5.32 Å². The Bertz CT molecular complexity index is 724. The fraction of sp³-hybridized carbons (Fsp3) is 0.474. The molecule has 1 aliphatic rings. The smallest absolute Gasteiger partial charge is 0.228 e. The fourth-order valence-corrected chi connectivity index (χ4v) is 3.14. The Balaban J connectivity index is 0.00000225. The van der Waals surface area contributed by atoms with Crippen molar-refractivity contribution in [1.82, 2.24) is 9.78 Å². The van der Waals surface area contributed by atoms with Gasteiger partial charge in [0.15, 0.2) is 0 Å². The van der Waals surface area contributed by atoms with E-state index in [1.54, 1.807) is 0 Å². The molecule has 0 radical (unpaired) electrons. The monoisotopic (exact) mass is 362 g/mol. The first-order valence-corrected chi connectivity index (χ1v) is 8.67. The van der Waals surface area contributed by atoms with Gasteiger partial charge in [-0.25, -0.2) is 4.68 Å². The minimum Gasteiger partial charge on any atom is -0.328 e. The first-order valence-electron chi connectivity index (χ1n) is 8.67. The zero-order valence-electron chi connectivity index (χ0n) is 15.0. The third-order valence-electron chi connectivity index (χ3n) is 4.69. The number of amides is 1. The van der Waals surface area contributed by atoms with E-state index in [1.807, 2.05) is 35.0 Å². The number of halogens is 1. The van der Waals surface area contributed by atoms with Gasteiger partial charge in [-0.05, 0) is 44.2 Å². The number of nitrogens with two attached hydrogens (primary N) is 1. The molecule has 3 rings (SSSR count). The summed E-state index contributed by atoms with van der Waals surface area (Å²) in [5.41, 5.74) is 9.05. The number of aryl methyl sites for hydroxylation is 1. The molecule has 1 aromatic heterocycles. The van der Waals surface area contributed by atoms with E-state index in [4.69, 9.17) is 5.73 Å². The van der Waals surface area contributed by atoms with Crippen molar-refractivity contribution in [3.05, 3.63) is 41.6 Å². The van der Waals surface area contributed by atoms with E-state index in [1.165, 1.54) is 5.56 Å². The highest BCUT2D eigenvalue weighted by atomic mass is 35.5. The second kappa shape index (κ2) is 8.02. The number of benzene rings is 1. The van der Waals surface area contributed by atoms with Crippen LogP contribution in [0, 0.1) is 12.8 Å². The maximum Gasteiger partial charge on any atom is 0.228 e. The highest BCUT2D eigenvalue weighted by molar-refractivity contribution is 5.92. The molecule has 5 nitrogen and oxygen atoms in total. The lowest BCUT2D eigenvalue weighted by Crippen LogP contribution is -2.24. The molecule has 1 amide bonds. The van der Waals surface area contributed by atoms with Gasteiger partial charge in [-0.1, -0.05) is 31.5 Å². The Kier molecular flexibility index (Phi) is 6.25. The van der Waals surface area contributed by atoms with E-state index in [9.17, 15) is 4.79 Å². The van der Waals surface area contributed by atoms with Gasteiger partial charge in [0.1, 0.15) is 5.82 Å². The number of anilines is 1. The van der Waals surface area contributed by atoms with Crippen LogP contribution in [0.25, 0.3) is 5.69 Å². The van der Waals surface area contributed by atoms with Gasteiger partial charge in [0.25, 0.3) is 0 Å². The van der Waals surface area contributed by atoms with Gasteiger partial charge >= 0.3 is 0 Å². The van der Waals surface area contributed by atoms with Gasteiger partial charge in [0.2, 0.25) is 5.91 Å². The highest BCUT2D eigenvalue weighted by Gasteiger charge is 2.28. The largest absolute Gasteiger partial charge is 0.328 e. The van der Waals surface area contributed by atoms with E-state index in [0.29, 0.717) is 5.92 Å². The average molecular weight is 363 g/mol. The predicted molar refractivity (Wildman–Crippen MR) is 104 cm³/mol. The fourth-order valence-electron chi connectivity index (χ4n) is 3.14. The van der Waals surface area contributed by atoms with Crippen LogP contribution in [-0.4, -0.2) is 21.7 Å². The summed E-state index contributed by atoms with van der Waals surface area (Å²) >= 11 is 0. The van der Waals surface area contributed by atoms with Crippen molar-refractivity contribution in [3.8, 4) is 5.69 Å². The summed E-state index contributed by atoms with van der Waals surface area (Å²) in [6.45, 7) is 6.26. The quantitative estimate of drug-likeness (QED) is 0.868. The highest BCUT2D eigenvalue weighted by Crippen LogP contribution is 2.27.